The molecule has 1 fully saturated rings. The Balaban J connectivity index is 1.42. The first-order valence-electron chi connectivity index (χ1n) is 14.2. The molecule has 1 amide bonds. The maximum Gasteiger partial charge on any atom is 0.252 e. The van der Waals surface area contributed by atoms with E-state index >= 15 is 0 Å². The Morgan fingerprint density at radius 2 is 1.93 bits per heavy atom. The number of nitrogens with zero attached hydrogens (tertiary/aromatic N) is 4. The molecule has 8 rings (SSSR count). The molecule has 0 saturated carbocycles. The SMILES string of the molecule is Cc1csc(C(=O)c2ccc3c(c2)c2c4c(c5c(c2n3CCN2CCCC2)CCc2nn(C)cc2-5)C(=O)NC4)c1. The predicted octanol–water partition coefficient (Wildman–Crippen LogP) is 5.23. The Kier molecular flexibility index (Phi) is 5.34. The van der Waals surface area contributed by atoms with Crippen LogP contribution in [0.2, 0.25) is 0 Å². The lowest BCUT2D eigenvalue weighted by Gasteiger charge is -2.22. The summed E-state index contributed by atoms with van der Waals surface area (Å²) in [4.78, 5) is 30.2. The number of rotatable bonds is 5. The van der Waals surface area contributed by atoms with Gasteiger partial charge in [-0.25, -0.2) is 0 Å². The molecule has 5 heterocycles. The largest absolute Gasteiger partial charge is 0.348 e. The second-order valence-electron chi connectivity index (χ2n) is 11.5. The normalized spacial score (nSPS) is 16.5. The number of hydrogen-bond acceptors (Lipinski definition) is 5. The van der Waals surface area contributed by atoms with Gasteiger partial charge in [-0.1, -0.05) is 0 Å². The summed E-state index contributed by atoms with van der Waals surface area (Å²) in [6, 6.07) is 8.17. The van der Waals surface area contributed by atoms with Crippen molar-refractivity contribution in [1.82, 2.24) is 24.6 Å². The molecule has 1 N–H and O–H groups in total. The standard InChI is InChI=1S/C32H31N5O2S/c1-18-13-26(40-17-18)31(38)19-5-8-25-21(14-19)28-22-15-33-32(39)29(22)27-20(6-7-24-23(27)16-35(2)34-24)30(28)37(25)12-11-36-9-3-4-10-36/h5,8,13-14,16-17H,3-4,6-7,9-12,15H2,1-2H3,(H,33,39). The van der Waals surface area contributed by atoms with Gasteiger partial charge in [-0.05, 0) is 92.0 Å². The molecule has 0 unspecified atom stereocenters. The number of thiophene rings is 1. The summed E-state index contributed by atoms with van der Waals surface area (Å²) >= 11 is 1.50. The monoisotopic (exact) mass is 549 g/mol. The molecule has 2 aromatic carbocycles. The lowest BCUT2D eigenvalue weighted by Crippen LogP contribution is -2.24. The topological polar surface area (TPSA) is 72.2 Å². The Labute approximate surface area is 236 Å². The van der Waals surface area contributed by atoms with Crippen molar-refractivity contribution >= 4 is 44.8 Å². The minimum Gasteiger partial charge on any atom is -0.348 e. The van der Waals surface area contributed by atoms with E-state index in [2.05, 4.69) is 33.1 Å². The fourth-order valence-electron chi connectivity index (χ4n) is 7.23. The number of likely N-dealkylation sites (tertiary alicyclic amines) is 1. The van der Waals surface area contributed by atoms with Crippen molar-refractivity contribution in [1.29, 1.82) is 0 Å². The van der Waals surface area contributed by atoms with Gasteiger partial charge in [0.15, 0.2) is 0 Å². The number of nitrogens with one attached hydrogen (secondary N) is 1. The zero-order valence-electron chi connectivity index (χ0n) is 22.8. The van der Waals surface area contributed by atoms with Gasteiger partial charge in [0.25, 0.3) is 5.91 Å². The average Bonchev–Trinajstić information content (AvgIpc) is 3.77. The first-order valence-corrected chi connectivity index (χ1v) is 15.1. The van der Waals surface area contributed by atoms with E-state index in [0.717, 1.165) is 93.7 Å². The highest BCUT2D eigenvalue weighted by molar-refractivity contribution is 7.12. The first kappa shape index (κ1) is 24.1. The highest BCUT2D eigenvalue weighted by Gasteiger charge is 2.35. The van der Waals surface area contributed by atoms with Gasteiger partial charge in [0.2, 0.25) is 5.78 Å². The summed E-state index contributed by atoms with van der Waals surface area (Å²) < 4.78 is 4.35. The first-order chi connectivity index (χ1) is 19.5. The fraction of sp³-hybridized carbons (Fsp3) is 0.344. The molecule has 0 spiro atoms. The van der Waals surface area contributed by atoms with Crippen molar-refractivity contribution in [3.63, 3.8) is 0 Å². The zero-order chi connectivity index (χ0) is 27.1. The lowest BCUT2D eigenvalue weighted by atomic mass is 9.82. The summed E-state index contributed by atoms with van der Waals surface area (Å²) in [5.74, 6) is 0.0471. The van der Waals surface area contributed by atoms with E-state index in [4.69, 9.17) is 5.10 Å². The molecule has 1 saturated heterocycles. The van der Waals surface area contributed by atoms with Gasteiger partial charge in [-0.3, -0.25) is 14.3 Å². The number of amides is 1. The summed E-state index contributed by atoms with van der Waals surface area (Å²) in [6.07, 6.45) is 6.30. The number of aromatic nitrogens is 3. The van der Waals surface area contributed by atoms with Crippen LogP contribution in [0.25, 0.3) is 32.9 Å². The number of fused-ring (bicyclic) bond motifs is 10. The van der Waals surface area contributed by atoms with Crippen LogP contribution < -0.4 is 5.32 Å². The summed E-state index contributed by atoms with van der Waals surface area (Å²) in [6.45, 7) is 6.71. The van der Waals surface area contributed by atoms with Gasteiger partial charge in [-0.15, -0.1) is 11.3 Å². The quantitative estimate of drug-likeness (QED) is 0.305. The number of carbonyl (C=O) groups excluding carboxylic acids is 2. The van der Waals surface area contributed by atoms with E-state index in [1.165, 1.54) is 35.3 Å². The molecule has 2 aliphatic heterocycles. The van der Waals surface area contributed by atoms with E-state index in [1.54, 1.807) is 0 Å². The van der Waals surface area contributed by atoms with Crippen LogP contribution in [0.15, 0.2) is 35.8 Å². The number of carbonyl (C=O) groups is 2. The number of benzene rings is 2. The van der Waals surface area contributed by atoms with Crippen molar-refractivity contribution in [2.75, 3.05) is 19.6 Å². The van der Waals surface area contributed by atoms with Crippen LogP contribution in [0.5, 0.6) is 0 Å². The van der Waals surface area contributed by atoms with Gasteiger partial charge in [0, 0.05) is 65.9 Å². The van der Waals surface area contributed by atoms with Gasteiger partial charge in [0.05, 0.1) is 21.7 Å². The smallest absolute Gasteiger partial charge is 0.252 e. The minimum absolute atomic E-state index is 0.0101. The fourth-order valence-corrected chi connectivity index (χ4v) is 8.09. The molecule has 0 radical (unpaired) electrons. The van der Waals surface area contributed by atoms with Crippen LogP contribution >= 0.6 is 11.3 Å². The van der Waals surface area contributed by atoms with Gasteiger partial charge >= 0.3 is 0 Å². The third-order valence-electron chi connectivity index (χ3n) is 9.00. The molecular weight excluding hydrogens is 518 g/mol. The molecule has 3 aromatic heterocycles. The van der Waals surface area contributed by atoms with E-state index in [0.29, 0.717) is 12.1 Å². The number of ketones is 1. The van der Waals surface area contributed by atoms with Crippen molar-refractivity contribution in [2.24, 2.45) is 7.05 Å². The van der Waals surface area contributed by atoms with Gasteiger partial charge in [0.1, 0.15) is 0 Å². The molecule has 40 heavy (non-hydrogen) atoms. The van der Waals surface area contributed by atoms with E-state index < -0.39 is 0 Å². The van der Waals surface area contributed by atoms with Crippen LogP contribution in [0.3, 0.4) is 0 Å². The number of hydrogen-bond donors (Lipinski definition) is 1. The van der Waals surface area contributed by atoms with Gasteiger partial charge < -0.3 is 14.8 Å². The Morgan fingerprint density at radius 1 is 1.07 bits per heavy atom. The highest BCUT2D eigenvalue weighted by atomic mass is 32.1. The van der Waals surface area contributed by atoms with E-state index in [1.807, 2.05) is 36.2 Å². The van der Waals surface area contributed by atoms with Crippen LogP contribution in [-0.4, -0.2) is 50.6 Å². The van der Waals surface area contributed by atoms with E-state index in [9.17, 15) is 9.59 Å². The van der Waals surface area contributed by atoms with Crippen molar-refractivity contribution in [3.05, 3.63) is 74.2 Å². The lowest BCUT2D eigenvalue weighted by molar-refractivity contribution is 0.0965. The maximum absolute atomic E-state index is 13.5. The zero-order valence-corrected chi connectivity index (χ0v) is 23.7. The summed E-state index contributed by atoms with van der Waals surface area (Å²) in [5, 5.41) is 12.1. The van der Waals surface area contributed by atoms with Crippen LogP contribution in [0.4, 0.5) is 0 Å². The molecule has 0 atom stereocenters. The average molecular weight is 550 g/mol. The van der Waals surface area contributed by atoms with Crippen LogP contribution in [-0.2, 0) is 33.0 Å². The minimum atomic E-state index is -0.0101. The van der Waals surface area contributed by atoms with Crippen molar-refractivity contribution < 1.29 is 9.59 Å². The van der Waals surface area contributed by atoms with E-state index in [-0.39, 0.29) is 11.7 Å². The molecule has 1 aliphatic carbocycles. The second-order valence-corrected chi connectivity index (χ2v) is 12.4. The molecule has 8 heteroatoms. The molecule has 202 valence electrons. The second kappa shape index (κ2) is 8.88. The summed E-state index contributed by atoms with van der Waals surface area (Å²) in [5.41, 5.74) is 10.5. The summed E-state index contributed by atoms with van der Waals surface area (Å²) in [7, 11) is 1.96. The number of aryl methyl sites for hydroxylation is 4. The van der Waals surface area contributed by atoms with Crippen molar-refractivity contribution in [3.8, 4) is 11.1 Å². The van der Waals surface area contributed by atoms with Crippen molar-refractivity contribution in [2.45, 2.75) is 45.7 Å². The highest BCUT2D eigenvalue weighted by Crippen LogP contribution is 2.47. The molecule has 5 aromatic rings. The molecule has 3 aliphatic rings. The Hall–Kier alpha value is -3.75. The van der Waals surface area contributed by atoms with Crippen LogP contribution in [0.1, 0.15) is 60.8 Å². The third-order valence-corrected chi connectivity index (χ3v) is 10.0. The molecular formula is C32H31N5O2S. The van der Waals surface area contributed by atoms with Gasteiger partial charge in [-0.2, -0.15) is 5.10 Å². The third kappa shape index (κ3) is 3.48. The Bertz CT molecular complexity index is 1880. The maximum atomic E-state index is 13.5. The molecule has 7 nitrogen and oxygen atoms in total. The van der Waals surface area contributed by atoms with Crippen LogP contribution in [0, 0.1) is 6.92 Å². The predicted molar refractivity (Wildman–Crippen MR) is 158 cm³/mol. The Morgan fingerprint density at radius 3 is 2.73 bits per heavy atom. The molecule has 0 bridgehead atoms.